The first-order chi connectivity index (χ1) is 11.7. The molecule has 0 bridgehead atoms. The summed E-state index contributed by atoms with van der Waals surface area (Å²) in [6.07, 6.45) is 9.33. The maximum atomic E-state index is 13.4. The van der Waals surface area contributed by atoms with E-state index in [0.29, 0.717) is 11.8 Å². The molecule has 0 unspecified atom stereocenters. The third-order valence-corrected chi connectivity index (χ3v) is 5.29. The first-order valence-electron chi connectivity index (χ1n) is 9.07. The Hall–Kier alpha value is -1.77. The SMILES string of the molecule is CCCCc1ccc([C@H]2CC[C@H](c3cnc(F)c(F)c3)CC2)cc1. The van der Waals surface area contributed by atoms with Crippen LogP contribution in [0.1, 0.15) is 74.0 Å². The summed E-state index contributed by atoms with van der Waals surface area (Å²) < 4.78 is 26.3. The van der Waals surface area contributed by atoms with Gasteiger partial charge in [-0.3, -0.25) is 0 Å². The van der Waals surface area contributed by atoms with Gasteiger partial charge in [0.1, 0.15) is 0 Å². The van der Waals surface area contributed by atoms with Gasteiger partial charge in [-0.05, 0) is 73.1 Å². The van der Waals surface area contributed by atoms with Crippen LogP contribution in [-0.2, 0) is 6.42 Å². The minimum absolute atomic E-state index is 0.299. The summed E-state index contributed by atoms with van der Waals surface area (Å²) in [6, 6.07) is 10.4. The van der Waals surface area contributed by atoms with Crippen LogP contribution in [0.2, 0.25) is 0 Å². The van der Waals surface area contributed by atoms with Gasteiger partial charge in [-0.1, -0.05) is 37.6 Å². The molecule has 1 heterocycles. The fraction of sp³-hybridized carbons (Fsp3) is 0.476. The second-order valence-electron chi connectivity index (χ2n) is 6.93. The highest BCUT2D eigenvalue weighted by molar-refractivity contribution is 5.27. The lowest BCUT2D eigenvalue weighted by molar-refractivity contribution is 0.392. The zero-order valence-corrected chi connectivity index (χ0v) is 14.3. The van der Waals surface area contributed by atoms with E-state index in [1.54, 1.807) is 0 Å². The minimum atomic E-state index is -1.00. The molecule has 2 aromatic rings. The van der Waals surface area contributed by atoms with Gasteiger partial charge in [0.15, 0.2) is 5.82 Å². The quantitative estimate of drug-likeness (QED) is 0.600. The Bertz CT molecular complexity index is 658. The third-order valence-electron chi connectivity index (χ3n) is 5.29. The van der Waals surface area contributed by atoms with Crippen molar-refractivity contribution < 1.29 is 8.78 Å². The molecule has 1 aromatic carbocycles. The number of hydrogen-bond donors (Lipinski definition) is 0. The maximum absolute atomic E-state index is 13.4. The van der Waals surface area contributed by atoms with Crippen molar-refractivity contribution in [3.05, 3.63) is 65.0 Å². The van der Waals surface area contributed by atoms with Crippen molar-refractivity contribution in [3.63, 3.8) is 0 Å². The molecule has 0 atom stereocenters. The van der Waals surface area contributed by atoms with Gasteiger partial charge in [-0.15, -0.1) is 0 Å². The average Bonchev–Trinajstić information content (AvgIpc) is 2.63. The van der Waals surface area contributed by atoms with E-state index in [-0.39, 0.29) is 0 Å². The highest BCUT2D eigenvalue weighted by Gasteiger charge is 2.24. The van der Waals surface area contributed by atoms with Crippen LogP contribution in [0.25, 0.3) is 0 Å². The molecule has 0 spiro atoms. The second-order valence-corrected chi connectivity index (χ2v) is 6.93. The monoisotopic (exact) mass is 329 g/mol. The first-order valence-corrected chi connectivity index (χ1v) is 9.07. The van der Waals surface area contributed by atoms with E-state index in [0.717, 1.165) is 37.7 Å². The summed E-state index contributed by atoms with van der Waals surface area (Å²) in [5.74, 6) is -0.958. The van der Waals surface area contributed by atoms with Gasteiger partial charge < -0.3 is 0 Å². The van der Waals surface area contributed by atoms with E-state index >= 15 is 0 Å². The molecule has 0 amide bonds. The molecule has 3 rings (SSSR count). The van der Waals surface area contributed by atoms with Gasteiger partial charge in [-0.25, -0.2) is 9.37 Å². The van der Waals surface area contributed by atoms with E-state index in [2.05, 4.69) is 36.2 Å². The van der Waals surface area contributed by atoms with E-state index < -0.39 is 11.8 Å². The number of halogens is 2. The summed E-state index contributed by atoms with van der Waals surface area (Å²) in [7, 11) is 0. The normalized spacial score (nSPS) is 21.0. The predicted molar refractivity (Wildman–Crippen MR) is 93.2 cm³/mol. The Balaban J connectivity index is 1.59. The number of aryl methyl sites for hydroxylation is 1. The van der Waals surface area contributed by atoms with Gasteiger partial charge >= 0.3 is 0 Å². The second kappa shape index (κ2) is 7.87. The molecule has 1 fully saturated rings. The number of pyridine rings is 1. The van der Waals surface area contributed by atoms with Gasteiger partial charge in [-0.2, -0.15) is 4.39 Å². The lowest BCUT2D eigenvalue weighted by Gasteiger charge is -2.29. The Labute approximate surface area is 143 Å². The smallest absolute Gasteiger partial charge is 0.225 e. The Kier molecular flexibility index (Phi) is 5.60. The summed E-state index contributed by atoms with van der Waals surface area (Å²) in [6.45, 7) is 2.22. The lowest BCUT2D eigenvalue weighted by atomic mass is 9.76. The highest BCUT2D eigenvalue weighted by atomic mass is 19.2. The molecule has 0 radical (unpaired) electrons. The molecule has 128 valence electrons. The van der Waals surface area contributed by atoms with Gasteiger partial charge in [0, 0.05) is 6.20 Å². The van der Waals surface area contributed by atoms with Crippen molar-refractivity contribution in [2.45, 2.75) is 63.7 Å². The topological polar surface area (TPSA) is 12.9 Å². The van der Waals surface area contributed by atoms with Crippen LogP contribution in [-0.4, -0.2) is 4.98 Å². The summed E-state index contributed by atoms with van der Waals surface area (Å²) in [5.41, 5.74) is 3.67. The van der Waals surface area contributed by atoms with Crippen molar-refractivity contribution in [3.8, 4) is 0 Å². The predicted octanol–water partition coefficient (Wildman–Crippen LogP) is 6.14. The standard InChI is InChI=1S/C21H25F2N/c1-2-3-4-15-5-7-16(8-6-15)17-9-11-18(12-10-17)19-13-20(22)21(23)24-14-19/h5-8,13-14,17-18H,2-4,9-12H2,1H3/t17-,18-. The molecule has 24 heavy (non-hydrogen) atoms. The van der Waals surface area contributed by atoms with Crippen molar-refractivity contribution in [1.82, 2.24) is 4.98 Å². The zero-order valence-electron chi connectivity index (χ0n) is 14.3. The highest BCUT2D eigenvalue weighted by Crippen LogP contribution is 2.40. The summed E-state index contributed by atoms with van der Waals surface area (Å²) in [4.78, 5) is 3.52. The van der Waals surface area contributed by atoms with Crippen LogP contribution in [0.3, 0.4) is 0 Å². The van der Waals surface area contributed by atoms with E-state index in [9.17, 15) is 8.78 Å². The molecule has 0 aliphatic heterocycles. The molecular weight excluding hydrogens is 304 g/mol. The number of aromatic nitrogens is 1. The molecule has 1 nitrogen and oxygen atoms in total. The fourth-order valence-corrected chi connectivity index (χ4v) is 3.76. The van der Waals surface area contributed by atoms with Crippen LogP contribution in [0.5, 0.6) is 0 Å². The summed E-state index contributed by atoms with van der Waals surface area (Å²) >= 11 is 0. The molecule has 1 aromatic heterocycles. The zero-order chi connectivity index (χ0) is 16.9. The van der Waals surface area contributed by atoms with Crippen molar-refractivity contribution in [2.24, 2.45) is 0 Å². The Morgan fingerprint density at radius 3 is 2.17 bits per heavy atom. The molecule has 3 heteroatoms. The largest absolute Gasteiger partial charge is 0.248 e. The minimum Gasteiger partial charge on any atom is -0.225 e. The summed E-state index contributed by atoms with van der Waals surface area (Å²) in [5, 5.41) is 0. The Morgan fingerprint density at radius 1 is 0.958 bits per heavy atom. The molecular formula is C21H25F2N. The number of unbranched alkanes of at least 4 members (excludes halogenated alkanes) is 1. The van der Waals surface area contributed by atoms with Crippen LogP contribution < -0.4 is 0 Å². The average molecular weight is 329 g/mol. The van der Waals surface area contributed by atoms with Gasteiger partial charge in [0.2, 0.25) is 5.95 Å². The van der Waals surface area contributed by atoms with Crippen molar-refractivity contribution in [1.29, 1.82) is 0 Å². The number of benzene rings is 1. The number of rotatable bonds is 5. The van der Waals surface area contributed by atoms with E-state index in [1.165, 1.54) is 36.2 Å². The molecule has 1 aliphatic carbocycles. The molecule has 1 saturated carbocycles. The van der Waals surface area contributed by atoms with Gasteiger partial charge in [0.05, 0.1) is 0 Å². The maximum Gasteiger partial charge on any atom is 0.248 e. The van der Waals surface area contributed by atoms with Crippen LogP contribution in [0, 0.1) is 11.8 Å². The van der Waals surface area contributed by atoms with Crippen LogP contribution >= 0.6 is 0 Å². The van der Waals surface area contributed by atoms with Crippen LogP contribution in [0.15, 0.2) is 36.5 Å². The van der Waals surface area contributed by atoms with Gasteiger partial charge in [0.25, 0.3) is 0 Å². The van der Waals surface area contributed by atoms with E-state index in [1.807, 2.05) is 0 Å². The third kappa shape index (κ3) is 4.00. The van der Waals surface area contributed by atoms with E-state index in [4.69, 9.17) is 0 Å². The Morgan fingerprint density at radius 2 is 1.58 bits per heavy atom. The fourth-order valence-electron chi connectivity index (χ4n) is 3.76. The molecule has 1 aliphatic rings. The van der Waals surface area contributed by atoms with Crippen molar-refractivity contribution >= 4 is 0 Å². The lowest BCUT2D eigenvalue weighted by Crippen LogP contribution is -2.13. The molecule has 0 saturated heterocycles. The number of hydrogen-bond acceptors (Lipinski definition) is 1. The molecule has 0 N–H and O–H groups in total. The van der Waals surface area contributed by atoms with Crippen molar-refractivity contribution in [2.75, 3.05) is 0 Å². The number of nitrogens with zero attached hydrogens (tertiary/aromatic N) is 1. The first kappa shape index (κ1) is 17.1. The van der Waals surface area contributed by atoms with Crippen LogP contribution in [0.4, 0.5) is 8.78 Å².